The van der Waals surface area contributed by atoms with Crippen LogP contribution in [0, 0.1) is 0 Å². The first-order chi connectivity index (χ1) is 6.99. The molecule has 1 nitrogen and oxygen atoms in total. The van der Waals surface area contributed by atoms with Crippen LogP contribution in [0.15, 0.2) is 30.3 Å². The molecular formula is C14H22O. The Balaban J connectivity index is 2.34. The molecule has 0 spiro atoms. The highest BCUT2D eigenvalue weighted by Crippen LogP contribution is 2.23. The Bertz CT molecular complexity index is 271. The Morgan fingerprint density at radius 3 is 2.33 bits per heavy atom. The molecule has 0 aromatic heterocycles. The van der Waals surface area contributed by atoms with Crippen molar-refractivity contribution in [2.45, 2.75) is 51.6 Å². The van der Waals surface area contributed by atoms with Gasteiger partial charge < -0.3 is 5.11 Å². The lowest BCUT2D eigenvalue weighted by molar-refractivity contribution is 0.0678. The first-order valence-corrected chi connectivity index (χ1v) is 5.76. The van der Waals surface area contributed by atoms with Crippen LogP contribution in [-0.2, 0) is 0 Å². The van der Waals surface area contributed by atoms with Gasteiger partial charge in [-0.2, -0.15) is 0 Å². The lowest BCUT2D eigenvalue weighted by Crippen LogP contribution is -2.18. The maximum atomic E-state index is 9.60. The molecule has 1 rings (SSSR count). The molecule has 0 aliphatic carbocycles. The Morgan fingerprint density at radius 2 is 1.80 bits per heavy atom. The van der Waals surface area contributed by atoms with Crippen molar-refractivity contribution in [2.75, 3.05) is 0 Å². The molecule has 0 heterocycles. The SMILES string of the molecule is CC(CCCC(C)(C)O)c1ccccc1. The predicted octanol–water partition coefficient (Wildman–Crippen LogP) is 3.73. The fourth-order valence-corrected chi connectivity index (χ4v) is 1.79. The Hall–Kier alpha value is -0.820. The summed E-state index contributed by atoms with van der Waals surface area (Å²) in [6.07, 6.45) is 3.11. The maximum Gasteiger partial charge on any atom is 0.0591 e. The van der Waals surface area contributed by atoms with E-state index in [0.29, 0.717) is 5.92 Å². The third-order valence-electron chi connectivity index (χ3n) is 2.79. The summed E-state index contributed by atoms with van der Waals surface area (Å²) in [5.41, 5.74) is 0.879. The van der Waals surface area contributed by atoms with Gasteiger partial charge in [0.1, 0.15) is 0 Å². The second-order valence-corrected chi connectivity index (χ2v) is 5.02. The number of benzene rings is 1. The van der Waals surface area contributed by atoms with Gasteiger partial charge in [-0.15, -0.1) is 0 Å². The molecule has 0 aliphatic heterocycles. The minimum Gasteiger partial charge on any atom is -0.390 e. The van der Waals surface area contributed by atoms with E-state index < -0.39 is 5.60 Å². The normalized spacial score (nSPS) is 13.9. The van der Waals surface area contributed by atoms with Crippen LogP contribution in [0.4, 0.5) is 0 Å². The van der Waals surface area contributed by atoms with Gasteiger partial charge in [0.25, 0.3) is 0 Å². The largest absolute Gasteiger partial charge is 0.390 e. The van der Waals surface area contributed by atoms with Gasteiger partial charge in [-0.05, 0) is 38.2 Å². The van der Waals surface area contributed by atoms with Crippen LogP contribution in [0.5, 0.6) is 0 Å². The van der Waals surface area contributed by atoms with Gasteiger partial charge in [0.15, 0.2) is 0 Å². The average molecular weight is 206 g/mol. The van der Waals surface area contributed by atoms with Gasteiger partial charge in [-0.25, -0.2) is 0 Å². The monoisotopic (exact) mass is 206 g/mol. The first kappa shape index (κ1) is 12.3. The van der Waals surface area contributed by atoms with Crippen LogP contribution in [0.3, 0.4) is 0 Å². The molecular weight excluding hydrogens is 184 g/mol. The van der Waals surface area contributed by atoms with E-state index in [0.717, 1.165) is 19.3 Å². The predicted molar refractivity (Wildman–Crippen MR) is 65.0 cm³/mol. The summed E-state index contributed by atoms with van der Waals surface area (Å²) in [7, 11) is 0. The Labute approximate surface area is 93.1 Å². The first-order valence-electron chi connectivity index (χ1n) is 5.76. The van der Waals surface area contributed by atoms with Crippen molar-refractivity contribution in [3.63, 3.8) is 0 Å². The summed E-state index contributed by atoms with van der Waals surface area (Å²) >= 11 is 0. The van der Waals surface area contributed by atoms with E-state index in [2.05, 4.69) is 31.2 Å². The van der Waals surface area contributed by atoms with Crippen molar-refractivity contribution in [1.82, 2.24) is 0 Å². The molecule has 0 radical (unpaired) electrons. The molecule has 84 valence electrons. The summed E-state index contributed by atoms with van der Waals surface area (Å²) in [4.78, 5) is 0. The molecule has 0 saturated heterocycles. The smallest absolute Gasteiger partial charge is 0.0591 e. The van der Waals surface area contributed by atoms with Gasteiger partial charge >= 0.3 is 0 Å². The molecule has 1 unspecified atom stereocenters. The highest BCUT2D eigenvalue weighted by atomic mass is 16.3. The van der Waals surface area contributed by atoms with Crippen molar-refractivity contribution >= 4 is 0 Å². The van der Waals surface area contributed by atoms with Gasteiger partial charge in [-0.3, -0.25) is 0 Å². The van der Waals surface area contributed by atoms with Crippen molar-refractivity contribution in [3.05, 3.63) is 35.9 Å². The van der Waals surface area contributed by atoms with E-state index >= 15 is 0 Å². The molecule has 0 aliphatic rings. The zero-order valence-corrected chi connectivity index (χ0v) is 10.0. The topological polar surface area (TPSA) is 20.2 Å². The molecule has 1 N–H and O–H groups in total. The molecule has 0 fully saturated rings. The van der Waals surface area contributed by atoms with E-state index in [1.54, 1.807) is 0 Å². The lowest BCUT2D eigenvalue weighted by Gasteiger charge is -2.18. The molecule has 0 saturated carbocycles. The Morgan fingerprint density at radius 1 is 1.20 bits per heavy atom. The van der Waals surface area contributed by atoms with Gasteiger partial charge in [0.05, 0.1) is 5.60 Å². The second kappa shape index (κ2) is 5.32. The zero-order valence-electron chi connectivity index (χ0n) is 10.0. The third kappa shape index (κ3) is 4.98. The zero-order chi connectivity index (χ0) is 11.3. The summed E-state index contributed by atoms with van der Waals surface area (Å²) in [5, 5.41) is 9.60. The molecule has 1 atom stereocenters. The minimum atomic E-state index is -0.517. The summed E-state index contributed by atoms with van der Waals surface area (Å²) in [6, 6.07) is 10.6. The van der Waals surface area contributed by atoms with Crippen molar-refractivity contribution < 1.29 is 5.11 Å². The quantitative estimate of drug-likeness (QED) is 0.778. The van der Waals surface area contributed by atoms with Gasteiger partial charge in [0.2, 0.25) is 0 Å². The van der Waals surface area contributed by atoms with Crippen LogP contribution in [0.2, 0.25) is 0 Å². The van der Waals surface area contributed by atoms with Gasteiger partial charge in [-0.1, -0.05) is 43.7 Å². The number of hydrogen-bond acceptors (Lipinski definition) is 1. The van der Waals surface area contributed by atoms with E-state index in [-0.39, 0.29) is 0 Å². The van der Waals surface area contributed by atoms with E-state index in [1.165, 1.54) is 5.56 Å². The van der Waals surface area contributed by atoms with Crippen LogP contribution in [-0.4, -0.2) is 10.7 Å². The van der Waals surface area contributed by atoms with Crippen LogP contribution < -0.4 is 0 Å². The van der Waals surface area contributed by atoms with E-state index in [4.69, 9.17) is 0 Å². The van der Waals surface area contributed by atoms with Crippen molar-refractivity contribution in [3.8, 4) is 0 Å². The maximum absolute atomic E-state index is 9.60. The molecule has 1 aromatic carbocycles. The van der Waals surface area contributed by atoms with E-state index in [9.17, 15) is 5.11 Å². The van der Waals surface area contributed by atoms with Crippen LogP contribution in [0.25, 0.3) is 0 Å². The van der Waals surface area contributed by atoms with Crippen molar-refractivity contribution in [2.24, 2.45) is 0 Å². The average Bonchev–Trinajstić information content (AvgIpc) is 2.17. The van der Waals surface area contributed by atoms with Crippen molar-refractivity contribution in [1.29, 1.82) is 0 Å². The second-order valence-electron chi connectivity index (χ2n) is 5.02. The highest BCUT2D eigenvalue weighted by Gasteiger charge is 2.13. The van der Waals surface area contributed by atoms with Crippen LogP contribution in [0.1, 0.15) is 51.5 Å². The highest BCUT2D eigenvalue weighted by molar-refractivity contribution is 5.18. The number of rotatable bonds is 5. The molecule has 1 aromatic rings. The summed E-state index contributed by atoms with van der Waals surface area (Å²) in [5.74, 6) is 0.591. The van der Waals surface area contributed by atoms with Crippen LogP contribution >= 0.6 is 0 Å². The summed E-state index contributed by atoms with van der Waals surface area (Å²) < 4.78 is 0. The van der Waals surface area contributed by atoms with E-state index in [1.807, 2.05) is 19.9 Å². The fourth-order valence-electron chi connectivity index (χ4n) is 1.79. The molecule has 1 heteroatoms. The fraction of sp³-hybridized carbons (Fsp3) is 0.571. The standard InChI is InChI=1S/C14H22O/c1-12(8-7-11-14(2,3)15)13-9-5-4-6-10-13/h4-6,9-10,12,15H,7-8,11H2,1-3H3. The van der Waals surface area contributed by atoms with Gasteiger partial charge in [0, 0.05) is 0 Å². The number of aliphatic hydroxyl groups is 1. The molecule has 0 bridgehead atoms. The minimum absolute atomic E-state index is 0.517. The number of hydrogen-bond donors (Lipinski definition) is 1. The Kier molecular flexibility index (Phi) is 4.34. The lowest BCUT2D eigenvalue weighted by atomic mass is 9.92. The molecule has 15 heavy (non-hydrogen) atoms. The third-order valence-corrected chi connectivity index (χ3v) is 2.79. The molecule has 0 amide bonds. The summed E-state index contributed by atoms with van der Waals surface area (Å²) in [6.45, 7) is 6.00.